The molecule has 1 aromatic heterocycles. The molecule has 206 valence electrons. The highest BCUT2D eigenvalue weighted by Gasteiger charge is 2.34. The van der Waals surface area contributed by atoms with Crippen molar-refractivity contribution in [3.8, 4) is 0 Å². The van der Waals surface area contributed by atoms with Gasteiger partial charge in [0, 0.05) is 44.2 Å². The number of hydrogen-bond donors (Lipinski definition) is 2. The molecule has 3 heterocycles. The van der Waals surface area contributed by atoms with Crippen molar-refractivity contribution in [1.29, 1.82) is 0 Å². The van der Waals surface area contributed by atoms with E-state index in [0.717, 1.165) is 50.7 Å². The van der Waals surface area contributed by atoms with Crippen molar-refractivity contribution in [2.24, 2.45) is 11.8 Å². The maximum absolute atomic E-state index is 13.6. The number of benzene rings is 1. The molecule has 5 rings (SSSR count). The van der Waals surface area contributed by atoms with E-state index in [0.29, 0.717) is 42.7 Å². The number of morpholine rings is 1. The summed E-state index contributed by atoms with van der Waals surface area (Å²) in [6.45, 7) is 10.3. The Morgan fingerprint density at radius 1 is 1.00 bits per heavy atom. The number of nitrogens with one attached hydrogen (secondary N) is 2. The quantitative estimate of drug-likeness (QED) is 0.490. The van der Waals surface area contributed by atoms with E-state index in [1.54, 1.807) is 12.1 Å². The second-order valence-corrected chi connectivity index (χ2v) is 11.9. The first-order valence-corrected chi connectivity index (χ1v) is 14.6. The van der Waals surface area contributed by atoms with Crippen molar-refractivity contribution in [2.45, 2.75) is 57.8 Å². The lowest BCUT2D eigenvalue weighted by Gasteiger charge is -2.38. The topological polar surface area (TPSA) is 65.6 Å². The molecule has 1 aromatic carbocycles. The molecule has 2 saturated heterocycles. The average molecular weight is 541 g/mol. The van der Waals surface area contributed by atoms with Crippen LogP contribution in [0.3, 0.4) is 0 Å². The van der Waals surface area contributed by atoms with Crippen molar-refractivity contribution in [1.82, 2.24) is 15.3 Å². The SMILES string of the molecule is CC1CC(C)CN(c2cc(N3CCOCC3)nc(NC(=S)NCC3(c4ccc(F)cc4)CCCCC3)n2)C1. The second-order valence-electron chi connectivity index (χ2n) is 11.5. The van der Waals surface area contributed by atoms with Crippen LogP contribution in [0, 0.1) is 17.7 Å². The van der Waals surface area contributed by atoms with Gasteiger partial charge < -0.3 is 25.2 Å². The zero-order valence-electron chi connectivity index (χ0n) is 22.7. The highest BCUT2D eigenvalue weighted by atomic mass is 32.1. The molecule has 2 atom stereocenters. The number of ether oxygens (including phenoxy) is 1. The van der Waals surface area contributed by atoms with E-state index in [9.17, 15) is 4.39 Å². The number of nitrogens with zero attached hydrogens (tertiary/aromatic N) is 4. The van der Waals surface area contributed by atoms with Crippen LogP contribution < -0.4 is 20.4 Å². The number of anilines is 3. The number of halogens is 1. The van der Waals surface area contributed by atoms with Crippen LogP contribution in [-0.4, -0.2) is 61.0 Å². The Balaban J connectivity index is 1.33. The fourth-order valence-electron chi connectivity index (χ4n) is 6.44. The predicted molar refractivity (Wildman–Crippen MR) is 156 cm³/mol. The first-order valence-electron chi connectivity index (χ1n) is 14.2. The van der Waals surface area contributed by atoms with Crippen LogP contribution in [0.25, 0.3) is 0 Å². The van der Waals surface area contributed by atoms with E-state index in [4.69, 9.17) is 26.9 Å². The van der Waals surface area contributed by atoms with Gasteiger partial charge in [-0.2, -0.15) is 9.97 Å². The van der Waals surface area contributed by atoms with E-state index >= 15 is 0 Å². The minimum absolute atomic E-state index is 0.0561. The molecule has 7 nitrogen and oxygen atoms in total. The van der Waals surface area contributed by atoms with Crippen LogP contribution in [0.2, 0.25) is 0 Å². The van der Waals surface area contributed by atoms with Crippen molar-refractivity contribution in [3.05, 3.63) is 41.7 Å². The first kappa shape index (κ1) is 27.1. The summed E-state index contributed by atoms with van der Waals surface area (Å²) in [5.41, 5.74) is 1.12. The molecule has 9 heteroatoms. The summed E-state index contributed by atoms with van der Waals surface area (Å²) < 4.78 is 19.2. The van der Waals surface area contributed by atoms with Gasteiger partial charge in [-0.05, 0) is 61.0 Å². The fourth-order valence-corrected chi connectivity index (χ4v) is 6.60. The molecule has 2 unspecified atom stereocenters. The van der Waals surface area contributed by atoms with Crippen molar-refractivity contribution in [3.63, 3.8) is 0 Å². The van der Waals surface area contributed by atoms with Crippen LogP contribution in [0.1, 0.15) is 57.9 Å². The molecule has 0 bridgehead atoms. The van der Waals surface area contributed by atoms with Crippen LogP contribution in [-0.2, 0) is 10.2 Å². The Kier molecular flexibility index (Phi) is 8.63. The Morgan fingerprint density at radius 2 is 1.63 bits per heavy atom. The number of aromatic nitrogens is 2. The van der Waals surface area contributed by atoms with Gasteiger partial charge in [-0.1, -0.05) is 45.2 Å². The summed E-state index contributed by atoms with van der Waals surface area (Å²) in [7, 11) is 0. The summed E-state index contributed by atoms with van der Waals surface area (Å²) >= 11 is 5.75. The molecule has 2 N–H and O–H groups in total. The van der Waals surface area contributed by atoms with Crippen LogP contribution >= 0.6 is 12.2 Å². The summed E-state index contributed by atoms with van der Waals surface area (Å²) in [6.07, 6.45) is 6.94. The molecule has 3 aliphatic rings. The average Bonchev–Trinajstić information content (AvgIpc) is 2.92. The first-order chi connectivity index (χ1) is 18.4. The Bertz CT molecular complexity index is 1080. The summed E-state index contributed by atoms with van der Waals surface area (Å²) in [5.74, 6) is 3.42. The van der Waals surface area contributed by atoms with E-state index in [1.165, 1.54) is 31.2 Å². The number of rotatable bonds is 6. The normalized spacial score (nSPS) is 23.7. The summed E-state index contributed by atoms with van der Waals surface area (Å²) in [4.78, 5) is 14.4. The van der Waals surface area contributed by atoms with Crippen LogP contribution in [0.15, 0.2) is 30.3 Å². The molecule has 0 amide bonds. The minimum atomic E-state index is -0.199. The van der Waals surface area contributed by atoms with Gasteiger partial charge in [0.15, 0.2) is 5.11 Å². The monoisotopic (exact) mass is 540 g/mol. The van der Waals surface area contributed by atoms with Gasteiger partial charge in [-0.3, -0.25) is 0 Å². The van der Waals surface area contributed by atoms with E-state index in [2.05, 4.69) is 40.3 Å². The van der Waals surface area contributed by atoms with Gasteiger partial charge in [0.25, 0.3) is 0 Å². The molecule has 1 aliphatic carbocycles. The maximum Gasteiger partial charge on any atom is 0.232 e. The summed E-state index contributed by atoms with van der Waals surface area (Å²) in [6, 6.07) is 9.11. The number of piperidine rings is 1. The number of thiocarbonyl (C=S) groups is 1. The lowest BCUT2D eigenvalue weighted by atomic mass is 9.69. The van der Waals surface area contributed by atoms with Crippen molar-refractivity contribution < 1.29 is 9.13 Å². The fraction of sp³-hybridized carbons (Fsp3) is 0.621. The van der Waals surface area contributed by atoms with Gasteiger partial charge in [0.05, 0.1) is 13.2 Å². The van der Waals surface area contributed by atoms with E-state index in [1.807, 2.05) is 12.1 Å². The Labute approximate surface area is 231 Å². The summed E-state index contributed by atoms with van der Waals surface area (Å²) in [5, 5.41) is 7.28. The second kappa shape index (κ2) is 12.1. The molecule has 0 radical (unpaired) electrons. The van der Waals surface area contributed by atoms with Gasteiger partial charge in [-0.25, -0.2) is 4.39 Å². The molecule has 38 heavy (non-hydrogen) atoms. The number of hydrogen-bond acceptors (Lipinski definition) is 6. The lowest BCUT2D eigenvalue weighted by Crippen LogP contribution is -2.44. The molecule has 1 saturated carbocycles. The molecule has 2 aliphatic heterocycles. The van der Waals surface area contributed by atoms with Crippen LogP contribution in [0.5, 0.6) is 0 Å². The molecule has 2 aromatic rings. The largest absolute Gasteiger partial charge is 0.378 e. The molecular formula is C29H41FN6OS. The van der Waals surface area contributed by atoms with Crippen LogP contribution in [0.4, 0.5) is 22.0 Å². The lowest BCUT2D eigenvalue weighted by molar-refractivity contribution is 0.122. The van der Waals surface area contributed by atoms with Gasteiger partial charge >= 0.3 is 0 Å². The third-order valence-corrected chi connectivity index (χ3v) is 8.55. The van der Waals surface area contributed by atoms with Gasteiger partial charge in [-0.15, -0.1) is 0 Å². The minimum Gasteiger partial charge on any atom is -0.378 e. The zero-order chi connectivity index (χ0) is 26.5. The smallest absolute Gasteiger partial charge is 0.232 e. The molecule has 0 spiro atoms. The van der Waals surface area contributed by atoms with Crippen molar-refractivity contribution in [2.75, 3.05) is 61.1 Å². The van der Waals surface area contributed by atoms with E-state index < -0.39 is 0 Å². The van der Waals surface area contributed by atoms with Gasteiger partial charge in [0.1, 0.15) is 17.5 Å². The maximum atomic E-state index is 13.6. The predicted octanol–water partition coefficient (Wildman–Crippen LogP) is 5.12. The van der Waals surface area contributed by atoms with E-state index in [-0.39, 0.29) is 11.2 Å². The third kappa shape index (κ3) is 6.54. The van der Waals surface area contributed by atoms with Crippen molar-refractivity contribution >= 4 is 34.9 Å². The van der Waals surface area contributed by atoms with Gasteiger partial charge in [0.2, 0.25) is 5.95 Å². The third-order valence-electron chi connectivity index (χ3n) is 8.31. The molecular weight excluding hydrogens is 499 g/mol. The molecule has 3 fully saturated rings. The Morgan fingerprint density at radius 3 is 2.29 bits per heavy atom. The Hall–Kier alpha value is -2.52. The highest BCUT2D eigenvalue weighted by molar-refractivity contribution is 7.80. The highest BCUT2D eigenvalue weighted by Crippen LogP contribution is 2.39. The standard InChI is InChI=1S/C29H41FN6OS/c1-21-16-22(2)19-36(18-21)26-17-25(35-12-14-37-15-13-35)32-27(33-26)34-28(38)31-20-29(10-4-3-5-11-29)23-6-8-24(30)9-7-23/h6-9,17,21-22H,3-5,10-16,18-20H2,1-2H3,(H2,31,32,33,34,38). The zero-order valence-corrected chi connectivity index (χ0v) is 23.5.